The summed E-state index contributed by atoms with van der Waals surface area (Å²) in [7, 11) is 0. The van der Waals surface area contributed by atoms with Crippen molar-refractivity contribution in [2.75, 3.05) is 11.1 Å². The molecule has 0 bridgehead atoms. The van der Waals surface area contributed by atoms with Crippen molar-refractivity contribution in [2.24, 2.45) is 0 Å². The first kappa shape index (κ1) is 14.6. The average molecular weight is 306 g/mol. The van der Waals surface area contributed by atoms with Gasteiger partial charge in [-0.3, -0.25) is 0 Å². The Kier molecular flexibility index (Phi) is 3.96. The number of nitrogens with one attached hydrogen (secondary N) is 1. The summed E-state index contributed by atoms with van der Waals surface area (Å²) in [6.45, 7) is 0. The molecule has 0 heterocycles. The summed E-state index contributed by atoms with van der Waals surface area (Å²) >= 11 is 5.98. The summed E-state index contributed by atoms with van der Waals surface area (Å²) in [5.41, 5.74) is 6.12. The Morgan fingerprint density at radius 2 is 2.05 bits per heavy atom. The van der Waals surface area contributed by atoms with Crippen molar-refractivity contribution < 1.29 is 14.3 Å². The van der Waals surface area contributed by atoms with Gasteiger partial charge in [0, 0.05) is 6.07 Å². The van der Waals surface area contributed by atoms with E-state index >= 15 is 0 Å². The molecule has 0 radical (unpaired) electrons. The molecule has 0 aliphatic heterocycles. The van der Waals surface area contributed by atoms with Crippen molar-refractivity contribution in [3.8, 4) is 6.07 Å². The average Bonchev–Trinajstić information content (AvgIpc) is 2.44. The highest BCUT2D eigenvalue weighted by atomic mass is 35.5. The minimum absolute atomic E-state index is 0.0484. The third kappa shape index (κ3) is 3.04. The Bertz CT molecular complexity index is 772. The molecule has 21 heavy (non-hydrogen) atoms. The van der Waals surface area contributed by atoms with Crippen molar-refractivity contribution in [3.63, 3.8) is 0 Å². The molecule has 4 N–H and O–H groups in total. The summed E-state index contributed by atoms with van der Waals surface area (Å²) < 4.78 is 13.7. The molecule has 0 spiro atoms. The number of nitrogens with zero attached hydrogens (tertiary/aromatic N) is 1. The third-order valence-corrected chi connectivity index (χ3v) is 3.06. The van der Waals surface area contributed by atoms with Gasteiger partial charge in [-0.1, -0.05) is 11.6 Å². The number of carbonyl (C=O) groups is 1. The minimum Gasteiger partial charge on any atom is -0.478 e. The molecule has 7 heteroatoms. The number of nitrogen functional groups attached to an aromatic ring is 1. The molecule has 0 saturated heterocycles. The number of benzene rings is 2. The van der Waals surface area contributed by atoms with Gasteiger partial charge in [-0.05, 0) is 24.3 Å². The quantitative estimate of drug-likeness (QED) is 0.755. The number of aromatic carboxylic acids is 1. The first-order valence-corrected chi connectivity index (χ1v) is 6.09. The Morgan fingerprint density at radius 3 is 2.67 bits per heavy atom. The fraction of sp³-hybridized carbons (Fsp3) is 0. The van der Waals surface area contributed by atoms with E-state index in [9.17, 15) is 9.18 Å². The summed E-state index contributed by atoms with van der Waals surface area (Å²) in [4.78, 5) is 10.8. The van der Waals surface area contributed by atoms with Crippen LogP contribution in [0.15, 0.2) is 30.3 Å². The van der Waals surface area contributed by atoms with Gasteiger partial charge in [0.25, 0.3) is 0 Å². The lowest BCUT2D eigenvalue weighted by Gasteiger charge is -2.12. The molecule has 2 aromatic carbocycles. The van der Waals surface area contributed by atoms with Crippen molar-refractivity contribution in [1.29, 1.82) is 5.26 Å². The highest BCUT2D eigenvalue weighted by molar-refractivity contribution is 6.33. The van der Waals surface area contributed by atoms with Gasteiger partial charge in [0.2, 0.25) is 0 Å². The Balaban J connectivity index is 2.43. The fourth-order valence-electron chi connectivity index (χ4n) is 1.70. The maximum Gasteiger partial charge on any atom is 0.338 e. The topological polar surface area (TPSA) is 99.1 Å². The summed E-state index contributed by atoms with van der Waals surface area (Å²) in [5, 5.41) is 20.8. The maximum absolute atomic E-state index is 13.7. The molecule has 5 nitrogen and oxygen atoms in total. The highest BCUT2D eigenvalue weighted by Crippen LogP contribution is 2.30. The molecule has 0 unspecified atom stereocenters. The molecule has 2 rings (SSSR count). The lowest BCUT2D eigenvalue weighted by atomic mass is 10.1. The van der Waals surface area contributed by atoms with Crippen LogP contribution >= 0.6 is 11.6 Å². The van der Waals surface area contributed by atoms with Gasteiger partial charge in [-0.15, -0.1) is 0 Å². The molecule has 2 aromatic rings. The Morgan fingerprint density at radius 1 is 1.33 bits per heavy atom. The zero-order valence-corrected chi connectivity index (χ0v) is 11.3. The molecule has 0 aromatic heterocycles. The van der Waals surface area contributed by atoms with Gasteiger partial charge in [0.15, 0.2) is 0 Å². The number of halogens is 2. The van der Waals surface area contributed by atoms with Gasteiger partial charge >= 0.3 is 5.97 Å². The van der Waals surface area contributed by atoms with E-state index in [0.717, 1.165) is 12.1 Å². The van der Waals surface area contributed by atoms with Crippen molar-refractivity contribution in [2.45, 2.75) is 0 Å². The van der Waals surface area contributed by atoms with E-state index in [2.05, 4.69) is 5.32 Å². The Hall–Kier alpha value is -2.78. The molecule has 0 saturated carbocycles. The molecular formula is C14H9ClFN3O2. The summed E-state index contributed by atoms with van der Waals surface area (Å²) in [5.74, 6) is -2.33. The van der Waals surface area contributed by atoms with E-state index in [1.165, 1.54) is 18.2 Å². The lowest BCUT2D eigenvalue weighted by molar-refractivity contribution is 0.0692. The minimum atomic E-state index is -1.41. The molecule has 0 fully saturated rings. The zero-order valence-electron chi connectivity index (χ0n) is 10.5. The van der Waals surface area contributed by atoms with Crippen LogP contribution in [0.1, 0.15) is 15.9 Å². The van der Waals surface area contributed by atoms with Crippen molar-refractivity contribution >= 4 is 34.6 Å². The largest absolute Gasteiger partial charge is 0.478 e. The van der Waals surface area contributed by atoms with Crippen LogP contribution in [0, 0.1) is 17.1 Å². The van der Waals surface area contributed by atoms with Crippen molar-refractivity contribution in [3.05, 3.63) is 52.3 Å². The summed E-state index contributed by atoms with van der Waals surface area (Å²) in [6.07, 6.45) is 0. The number of hydrogen-bond donors (Lipinski definition) is 3. The number of nitriles is 1. The zero-order chi connectivity index (χ0) is 15.6. The first-order valence-electron chi connectivity index (χ1n) is 5.71. The second-order valence-electron chi connectivity index (χ2n) is 4.16. The second kappa shape index (κ2) is 5.69. The Labute approximate surface area is 124 Å². The smallest absolute Gasteiger partial charge is 0.338 e. The predicted molar refractivity (Wildman–Crippen MR) is 77.2 cm³/mol. The van der Waals surface area contributed by atoms with Crippen molar-refractivity contribution in [1.82, 2.24) is 0 Å². The molecule has 0 atom stereocenters. The van der Waals surface area contributed by atoms with Crippen LogP contribution in [0.3, 0.4) is 0 Å². The number of carboxylic acid groups (broad SMARTS) is 1. The predicted octanol–water partition coefficient (Wildman–Crippen LogP) is 3.37. The van der Waals surface area contributed by atoms with Crippen LogP contribution in [0.2, 0.25) is 5.02 Å². The second-order valence-corrected chi connectivity index (χ2v) is 4.56. The molecule has 0 aliphatic rings. The van der Waals surface area contributed by atoms with E-state index < -0.39 is 17.3 Å². The maximum atomic E-state index is 13.7. The van der Waals surface area contributed by atoms with E-state index in [1.54, 1.807) is 0 Å². The van der Waals surface area contributed by atoms with Gasteiger partial charge in [-0.2, -0.15) is 5.26 Å². The van der Waals surface area contributed by atoms with Gasteiger partial charge in [-0.25, -0.2) is 9.18 Å². The molecule has 0 amide bonds. The number of rotatable bonds is 3. The number of anilines is 3. The standard InChI is InChI=1S/C14H9ClFN3O2/c15-9-2-1-7(6-17)3-12(9)19-13-5-10(16)8(14(20)21)4-11(13)18/h1-5,19H,18H2,(H,20,21). The van der Waals surface area contributed by atoms with Crippen LogP contribution in [-0.4, -0.2) is 11.1 Å². The molecule has 106 valence electrons. The van der Waals surface area contributed by atoms with Crippen LogP contribution in [0.4, 0.5) is 21.5 Å². The molecule has 0 aliphatic carbocycles. The van der Waals surface area contributed by atoms with E-state index in [1.807, 2.05) is 6.07 Å². The highest BCUT2D eigenvalue weighted by Gasteiger charge is 2.14. The number of hydrogen-bond acceptors (Lipinski definition) is 4. The summed E-state index contributed by atoms with van der Waals surface area (Å²) in [6, 6.07) is 8.46. The van der Waals surface area contributed by atoms with Gasteiger partial charge < -0.3 is 16.2 Å². The van der Waals surface area contributed by atoms with Crippen LogP contribution in [0.5, 0.6) is 0 Å². The number of carboxylic acids is 1. The van der Waals surface area contributed by atoms with Crippen LogP contribution in [-0.2, 0) is 0 Å². The third-order valence-electron chi connectivity index (χ3n) is 2.73. The first-order chi connectivity index (χ1) is 9.92. The van der Waals surface area contributed by atoms with Crippen LogP contribution < -0.4 is 11.1 Å². The number of nitrogens with two attached hydrogens (primary N) is 1. The van der Waals surface area contributed by atoms with E-state index in [-0.39, 0.29) is 11.4 Å². The fourth-order valence-corrected chi connectivity index (χ4v) is 1.86. The van der Waals surface area contributed by atoms with Crippen LogP contribution in [0.25, 0.3) is 0 Å². The lowest BCUT2D eigenvalue weighted by Crippen LogP contribution is -2.05. The monoisotopic (exact) mass is 305 g/mol. The molecular weight excluding hydrogens is 297 g/mol. The van der Waals surface area contributed by atoms with E-state index in [4.69, 9.17) is 27.7 Å². The van der Waals surface area contributed by atoms with Gasteiger partial charge in [0.05, 0.1) is 39.3 Å². The van der Waals surface area contributed by atoms with E-state index in [0.29, 0.717) is 16.3 Å². The van der Waals surface area contributed by atoms with Gasteiger partial charge in [0.1, 0.15) is 5.82 Å². The normalized spacial score (nSPS) is 9.95. The SMILES string of the molecule is N#Cc1ccc(Cl)c(Nc2cc(F)c(C(=O)O)cc2N)c1.